The molecule has 7 heteroatoms. The summed E-state index contributed by atoms with van der Waals surface area (Å²) in [5, 5.41) is 13.6. The molecule has 0 fully saturated rings. The van der Waals surface area contributed by atoms with Gasteiger partial charge in [-0.2, -0.15) is 0 Å². The average molecular weight is 316 g/mol. The standard InChI is InChI=1S/C16H16N2O5/c1-22-12-5-3-11(4-6-12)9-16(19)17-14-8-7-13(23-2)10-15(14)18(20)21/h3-8,10H,9H2,1-2H3,(H,17,19). The van der Waals surface area contributed by atoms with Gasteiger partial charge in [-0.25, -0.2) is 0 Å². The van der Waals surface area contributed by atoms with Crippen LogP contribution in [0.4, 0.5) is 11.4 Å². The van der Waals surface area contributed by atoms with Crippen LogP contribution in [0.15, 0.2) is 42.5 Å². The summed E-state index contributed by atoms with van der Waals surface area (Å²) in [6.07, 6.45) is 0.104. The first-order chi connectivity index (χ1) is 11.0. The van der Waals surface area contributed by atoms with Gasteiger partial charge in [0.15, 0.2) is 0 Å². The number of amides is 1. The summed E-state index contributed by atoms with van der Waals surface area (Å²) >= 11 is 0. The zero-order chi connectivity index (χ0) is 16.8. The lowest BCUT2D eigenvalue weighted by atomic mass is 10.1. The van der Waals surface area contributed by atoms with Gasteiger partial charge in [-0.15, -0.1) is 0 Å². The van der Waals surface area contributed by atoms with Crippen molar-refractivity contribution < 1.29 is 19.2 Å². The van der Waals surface area contributed by atoms with Crippen molar-refractivity contribution in [1.29, 1.82) is 0 Å². The number of hydrogen-bond acceptors (Lipinski definition) is 5. The van der Waals surface area contributed by atoms with E-state index in [1.807, 2.05) is 0 Å². The van der Waals surface area contributed by atoms with E-state index >= 15 is 0 Å². The first-order valence-corrected chi connectivity index (χ1v) is 6.78. The van der Waals surface area contributed by atoms with Gasteiger partial charge in [-0.1, -0.05) is 12.1 Å². The third-order valence-corrected chi connectivity index (χ3v) is 3.20. The Bertz CT molecular complexity index is 713. The molecule has 0 unspecified atom stereocenters. The summed E-state index contributed by atoms with van der Waals surface area (Å²) in [7, 11) is 2.98. The predicted octanol–water partition coefficient (Wildman–Crippen LogP) is 2.79. The van der Waals surface area contributed by atoms with Crippen molar-refractivity contribution in [2.24, 2.45) is 0 Å². The second-order valence-electron chi connectivity index (χ2n) is 4.71. The normalized spacial score (nSPS) is 10.0. The van der Waals surface area contributed by atoms with Crippen LogP contribution in [0.5, 0.6) is 11.5 Å². The van der Waals surface area contributed by atoms with E-state index in [2.05, 4.69) is 5.32 Å². The third kappa shape index (κ3) is 4.19. The number of carbonyl (C=O) groups excluding carboxylic acids is 1. The number of ether oxygens (including phenoxy) is 2. The lowest BCUT2D eigenvalue weighted by Crippen LogP contribution is -2.15. The molecule has 7 nitrogen and oxygen atoms in total. The molecule has 0 spiro atoms. The highest BCUT2D eigenvalue weighted by Crippen LogP contribution is 2.29. The van der Waals surface area contributed by atoms with Crippen molar-refractivity contribution in [2.75, 3.05) is 19.5 Å². The van der Waals surface area contributed by atoms with Crippen LogP contribution in [0, 0.1) is 10.1 Å². The zero-order valence-corrected chi connectivity index (χ0v) is 12.7. The van der Waals surface area contributed by atoms with Crippen molar-refractivity contribution in [1.82, 2.24) is 0 Å². The number of methoxy groups -OCH3 is 2. The summed E-state index contributed by atoms with van der Waals surface area (Å²) in [4.78, 5) is 22.6. The molecule has 23 heavy (non-hydrogen) atoms. The highest BCUT2D eigenvalue weighted by Gasteiger charge is 2.17. The Hall–Kier alpha value is -3.09. The summed E-state index contributed by atoms with van der Waals surface area (Å²) in [5.74, 6) is 0.702. The lowest BCUT2D eigenvalue weighted by Gasteiger charge is -2.08. The summed E-state index contributed by atoms with van der Waals surface area (Å²) in [5.41, 5.74) is 0.696. The van der Waals surface area contributed by atoms with E-state index in [4.69, 9.17) is 9.47 Å². The van der Waals surface area contributed by atoms with Gasteiger partial charge in [0, 0.05) is 0 Å². The fourth-order valence-corrected chi connectivity index (χ4v) is 2.02. The highest BCUT2D eigenvalue weighted by atomic mass is 16.6. The minimum atomic E-state index is -0.564. The van der Waals surface area contributed by atoms with Crippen LogP contribution in [0.2, 0.25) is 0 Å². The van der Waals surface area contributed by atoms with Crippen molar-refractivity contribution in [3.05, 3.63) is 58.1 Å². The fraction of sp³-hybridized carbons (Fsp3) is 0.188. The molecule has 0 saturated heterocycles. The number of nitrogens with zero attached hydrogens (tertiary/aromatic N) is 1. The maximum absolute atomic E-state index is 12.1. The minimum absolute atomic E-state index is 0.104. The molecule has 0 aliphatic heterocycles. The summed E-state index contributed by atoms with van der Waals surface area (Å²) in [6, 6.07) is 11.3. The molecule has 2 rings (SSSR count). The Morgan fingerprint density at radius 2 is 1.70 bits per heavy atom. The van der Waals surface area contributed by atoms with Gasteiger partial charge in [-0.05, 0) is 29.8 Å². The first kappa shape index (κ1) is 16.3. The van der Waals surface area contributed by atoms with Crippen LogP contribution >= 0.6 is 0 Å². The number of nitrogens with one attached hydrogen (secondary N) is 1. The van der Waals surface area contributed by atoms with Gasteiger partial charge in [0.05, 0.1) is 31.6 Å². The molecule has 0 radical (unpaired) electrons. The zero-order valence-electron chi connectivity index (χ0n) is 12.7. The Balaban J connectivity index is 2.11. The number of hydrogen-bond donors (Lipinski definition) is 1. The van der Waals surface area contributed by atoms with E-state index in [0.717, 1.165) is 5.56 Å². The lowest BCUT2D eigenvalue weighted by molar-refractivity contribution is -0.384. The molecule has 0 aliphatic carbocycles. The van der Waals surface area contributed by atoms with Gasteiger partial charge >= 0.3 is 0 Å². The number of carbonyl (C=O) groups is 1. The van der Waals surface area contributed by atoms with E-state index < -0.39 is 4.92 Å². The molecule has 1 N–H and O–H groups in total. The van der Waals surface area contributed by atoms with Crippen LogP contribution < -0.4 is 14.8 Å². The number of nitro groups is 1. The highest BCUT2D eigenvalue weighted by molar-refractivity contribution is 5.94. The van der Waals surface area contributed by atoms with Crippen LogP contribution in [0.1, 0.15) is 5.56 Å². The Kier molecular flexibility index (Phi) is 5.14. The Morgan fingerprint density at radius 1 is 1.09 bits per heavy atom. The Morgan fingerprint density at radius 3 is 2.26 bits per heavy atom. The van der Waals surface area contributed by atoms with E-state index in [0.29, 0.717) is 11.5 Å². The van der Waals surface area contributed by atoms with Crippen LogP contribution in [-0.2, 0) is 11.2 Å². The van der Waals surface area contributed by atoms with Crippen molar-refractivity contribution >= 4 is 17.3 Å². The molecular weight excluding hydrogens is 300 g/mol. The second kappa shape index (κ2) is 7.26. The van der Waals surface area contributed by atoms with E-state index in [1.165, 1.54) is 19.2 Å². The monoisotopic (exact) mass is 316 g/mol. The van der Waals surface area contributed by atoms with Crippen LogP contribution in [-0.4, -0.2) is 25.1 Å². The second-order valence-corrected chi connectivity index (χ2v) is 4.71. The summed E-state index contributed by atoms with van der Waals surface area (Å²) in [6.45, 7) is 0. The molecule has 0 saturated carbocycles. The molecular formula is C16H16N2O5. The maximum Gasteiger partial charge on any atom is 0.296 e. The van der Waals surface area contributed by atoms with Crippen molar-refractivity contribution in [3.8, 4) is 11.5 Å². The Labute approximate surface area is 133 Å². The number of nitro benzene ring substituents is 1. The van der Waals surface area contributed by atoms with Crippen molar-refractivity contribution in [2.45, 2.75) is 6.42 Å². The molecule has 0 aromatic heterocycles. The fourth-order valence-electron chi connectivity index (χ4n) is 2.02. The molecule has 0 heterocycles. The maximum atomic E-state index is 12.1. The SMILES string of the molecule is COc1ccc(CC(=O)Nc2ccc(OC)cc2[N+](=O)[O-])cc1. The van der Waals surface area contributed by atoms with Crippen LogP contribution in [0.25, 0.3) is 0 Å². The topological polar surface area (TPSA) is 90.7 Å². The van der Waals surface area contributed by atoms with Gasteiger partial charge < -0.3 is 14.8 Å². The van der Waals surface area contributed by atoms with Crippen LogP contribution in [0.3, 0.4) is 0 Å². The average Bonchev–Trinajstić information content (AvgIpc) is 2.55. The number of rotatable bonds is 6. The molecule has 2 aromatic rings. The van der Waals surface area contributed by atoms with Gasteiger partial charge in [0.1, 0.15) is 17.2 Å². The largest absolute Gasteiger partial charge is 0.497 e. The first-order valence-electron chi connectivity index (χ1n) is 6.78. The van der Waals surface area contributed by atoms with E-state index in [1.54, 1.807) is 37.4 Å². The molecule has 1 amide bonds. The third-order valence-electron chi connectivity index (χ3n) is 3.20. The smallest absolute Gasteiger partial charge is 0.296 e. The van der Waals surface area contributed by atoms with E-state index in [9.17, 15) is 14.9 Å². The molecule has 0 bridgehead atoms. The van der Waals surface area contributed by atoms with Gasteiger partial charge in [-0.3, -0.25) is 14.9 Å². The number of anilines is 1. The predicted molar refractivity (Wildman–Crippen MR) is 85.0 cm³/mol. The summed E-state index contributed by atoms with van der Waals surface area (Å²) < 4.78 is 10.00. The quantitative estimate of drug-likeness (QED) is 0.653. The van der Waals surface area contributed by atoms with Crippen molar-refractivity contribution in [3.63, 3.8) is 0 Å². The minimum Gasteiger partial charge on any atom is -0.497 e. The van der Waals surface area contributed by atoms with E-state index in [-0.39, 0.29) is 23.7 Å². The molecule has 0 aliphatic rings. The number of benzene rings is 2. The van der Waals surface area contributed by atoms with Gasteiger partial charge in [0.2, 0.25) is 5.91 Å². The van der Waals surface area contributed by atoms with Gasteiger partial charge in [0.25, 0.3) is 5.69 Å². The molecule has 120 valence electrons. The molecule has 0 atom stereocenters. The molecule has 2 aromatic carbocycles.